The van der Waals surface area contributed by atoms with Crippen LogP contribution in [-0.4, -0.2) is 12.8 Å². The normalized spacial score (nSPS) is 23.1. The molecule has 1 aliphatic carbocycles. The number of hydrogen-bond donors (Lipinski definition) is 0. The maximum Gasteiger partial charge on any atom is 0.123 e. The van der Waals surface area contributed by atoms with Crippen molar-refractivity contribution in [3.63, 3.8) is 0 Å². The molecule has 0 spiro atoms. The molecule has 2 nitrogen and oxygen atoms in total. The Hall–Kier alpha value is -1.05. The second-order valence-electron chi connectivity index (χ2n) is 2.85. The van der Waals surface area contributed by atoms with E-state index in [0.29, 0.717) is 6.61 Å². The van der Waals surface area contributed by atoms with Gasteiger partial charge in [0.1, 0.15) is 18.1 Å². The van der Waals surface area contributed by atoms with Crippen LogP contribution >= 0.6 is 0 Å². The van der Waals surface area contributed by atoms with Crippen LogP contribution < -0.4 is 0 Å². The predicted molar refractivity (Wildman–Crippen MR) is 44.5 cm³/mol. The molecule has 0 saturated carbocycles. The van der Waals surface area contributed by atoms with Crippen LogP contribution in [0.25, 0.3) is 0 Å². The first-order chi connectivity index (χ1) is 5.38. The van der Waals surface area contributed by atoms with Gasteiger partial charge in [-0.2, -0.15) is 0 Å². The molecule has 2 heteroatoms. The molecule has 11 heavy (non-hydrogen) atoms. The Morgan fingerprint density at radius 3 is 3.18 bits per heavy atom. The second kappa shape index (κ2) is 2.53. The molecule has 0 atom stereocenters. The van der Waals surface area contributed by atoms with Gasteiger partial charge in [-0.05, 0) is 18.4 Å². The van der Waals surface area contributed by atoms with Crippen molar-refractivity contribution in [2.75, 3.05) is 6.61 Å². The molecule has 0 N–H and O–H groups in total. The lowest BCUT2D eigenvalue weighted by atomic mass is 9.98. The van der Waals surface area contributed by atoms with E-state index in [0.717, 1.165) is 36.3 Å². The summed E-state index contributed by atoms with van der Waals surface area (Å²) in [6.45, 7) is 4.58. The first kappa shape index (κ1) is 6.65. The molecule has 58 valence electrons. The average Bonchev–Trinajstić information content (AvgIpc) is 2.06. The van der Waals surface area contributed by atoms with Crippen LogP contribution in [0.2, 0.25) is 0 Å². The van der Waals surface area contributed by atoms with Gasteiger partial charge >= 0.3 is 0 Å². The number of aliphatic imine (C=N–C) groups is 1. The van der Waals surface area contributed by atoms with Crippen molar-refractivity contribution in [2.24, 2.45) is 4.99 Å². The molecule has 0 aromatic carbocycles. The fraction of sp³-hybridized carbons (Fsp3) is 0.444. The summed E-state index contributed by atoms with van der Waals surface area (Å²) in [7, 11) is 0. The van der Waals surface area contributed by atoms with Crippen LogP contribution in [-0.2, 0) is 4.74 Å². The molecule has 0 aromatic rings. The van der Waals surface area contributed by atoms with Crippen molar-refractivity contribution in [3.05, 3.63) is 23.6 Å². The third-order valence-corrected chi connectivity index (χ3v) is 2.03. The highest BCUT2D eigenvalue weighted by Gasteiger charge is 2.18. The molecule has 2 rings (SSSR count). The van der Waals surface area contributed by atoms with E-state index in [2.05, 4.69) is 11.6 Å². The number of hydrogen-bond acceptors (Lipinski definition) is 2. The fourth-order valence-corrected chi connectivity index (χ4v) is 1.47. The van der Waals surface area contributed by atoms with Crippen LogP contribution in [0.5, 0.6) is 0 Å². The zero-order chi connectivity index (χ0) is 7.68. The highest BCUT2D eigenvalue weighted by molar-refractivity contribution is 5.63. The zero-order valence-corrected chi connectivity index (χ0v) is 6.47. The highest BCUT2D eigenvalue weighted by Crippen LogP contribution is 2.30. The molecular formula is C9H11NO. The van der Waals surface area contributed by atoms with Gasteiger partial charge in [0.2, 0.25) is 0 Å². The van der Waals surface area contributed by atoms with Crippen molar-refractivity contribution in [1.29, 1.82) is 0 Å². The first-order valence-electron chi connectivity index (χ1n) is 3.94. The summed E-state index contributed by atoms with van der Waals surface area (Å²) in [5.41, 5.74) is 2.13. The van der Waals surface area contributed by atoms with Gasteiger partial charge in [0, 0.05) is 12.6 Å². The molecule has 0 saturated heterocycles. The van der Waals surface area contributed by atoms with E-state index in [4.69, 9.17) is 4.74 Å². The van der Waals surface area contributed by atoms with E-state index in [9.17, 15) is 0 Å². The Morgan fingerprint density at radius 2 is 2.36 bits per heavy atom. The Morgan fingerprint density at radius 1 is 1.45 bits per heavy atom. The van der Waals surface area contributed by atoms with E-state index in [1.807, 2.05) is 0 Å². The SMILES string of the molecule is C=C1CCCC2=C1N=CCO2. The summed E-state index contributed by atoms with van der Waals surface area (Å²) >= 11 is 0. The maximum atomic E-state index is 5.42. The Kier molecular flexibility index (Phi) is 1.53. The molecule has 2 aliphatic rings. The lowest BCUT2D eigenvalue weighted by Gasteiger charge is -2.21. The van der Waals surface area contributed by atoms with Gasteiger partial charge in [-0.1, -0.05) is 6.58 Å². The number of ether oxygens (including phenoxy) is 1. The Labute approximate surface area is 66.3 Å². The quantitative estimate of drug-likeness (QED) is 0.516. The highest BCUT2D eigenvalue weighted by atomic mass is 16.5. The second-order valence-corrected chi connectivity index (χ2v) is 2.85. The molecule has 0 aromatic heterocycles. The standard InChI is InChI=1S/C9H11NO/c1-7-3-2-4-8-9(7)10-5-6-11-8/h5H,1-4,6H2. The summed E-state index contributed by atoms with van der Waals surface area (Å²) in [6.07, 6.45) is 5.06. The number of nitrogens with zero attached hydrogens (tertiary/aromatic N) is 1. The molecular weight excluding hydrogens is 138 g/mol. The van der Waals surface area contributed by atoms with Crippen molar-refractivity contribution in [2.45, 2.75) is 19.3 Å². The first-order valence-corrected chi connectivity index (χ1v) is 3.94. The van der Waals surface area contributed by atoms with E-state index in [1.165, 1.54) is 0 Å². The minimum absolute atomic E-state index is 0.631. The largest absolute Gasteiger partial charge is 0.490 e. The van der Waals surface area contributed by atoms with Crippen molar-refractivity contribution >= 4 is 6.21 Å². The van der Waals surface area contributed by atoms with Gasteiger partial charge in [-0.3, -0.25) is 4.99 Å². The third kappa shape index (κ3) is 1.09. The summed E-state index contributed by atoms with van der Waals surface area (Å²) in [6, 6.07) is 0. The Bertz CT molecular complexity index is 250. The van der Waals surface area contributed by atoms with Gasteiger partial charge in [0.15, 0.2) is 0 Å². The zero-order valence-electron chi connectivity index (χ0n) is 6.47. The number of rotatable bonds is 0. The monoisotopic (exact) mass is 149 g/mol. The van der Waals surface area contributed by atoms with Crippen molar-refractivity contribution in [3.8, 4) is 0 Å². The average molecular weight is 149 g/mol. The minimum Gasteiger partial charge on any atom is -0.490 e. The lowest BCUT2D eigenvalue weighted by molar-refractivity contribution is 0.234. The van der Waals surface area contributed by atoms with E-state index >= 15 is 0 Å². The summed E-state index contributed by atoms with van der Waals surface area (Å²) in [5.74, 6) is 1.05. The number of allylic oxidation sites excluding steroid dienone is 2. The van der Waals surface area contributed by atoms with E-state index in [1.54, 1.807) is 6.21 Å². The smallest absolute Gasteiger partial charge is 0.123 e. The fourth-order valence-electron chi connectivity index (χ4n) is 1.47. The molecule has 0 fully saturated rings. The molecule has 1 heterocycles. The topological polar surface area (TPSA) is 21.6 Å². The van der Waals surface area contributed by atoms with Gasteiger partial charge in [0.25, 0.3) is 0 Å². The third-order valence-electron chi connectivity index (χ3n) is 2.03. The summed E-state index contributed by atoms with van der Waals surface area (Å²) in [5, 5.41) is 0. The van der Waals surface area contributed by atoms with Crippen molar-refractivity contribution in [1.82, 2.24) is 0 Å². The van der Waals surface area contributed by atoms with E-state index in [-0.39, 0.29) is 0 Å². The summed E-state index contributed by atoms with van der Waals surface area (Å²) in [4.78, 5) is 4.26. The molecule has 0 bridgehead atoms. The van der Waals surface area contributed by atoms with Crippen LogP contribution in [0.1, 0.15) is 19.3 Å². The minimum atomic E-state index is 0.631. The lowest BCUT2D eigenvalue weighted by Crippen LogP contribution is -2.10. The van der Waals surface area contributed by atoms with Crippen molar-refractivity contribution < 1.29 is 4.74 Å². The van der Waals surface area contributed by atoms with Gasteiger partial charge in [-0.15, -0.1) is 0 Å². The molecule has 0 radical (unpaired) electrons. The van der Waals surface area contributed by atoms with Crippen LogP contribution in [0.3, 0.4) is 0 Å². The van der Waals surface area contributed by atoms with Gasteiger partial charge in [-0.25, -0.2) is 0 Å². The van der Waals surface area contributed by atoms with Gasteiger partial charge in [0.05, 0.1) is 0 Å². The van der Waals surface area contributed by atoms with Crippen LogP contribution in [0.4, 0.5) is 0 Å². The molecule has 1 aliphatic heterocycles. The van der Waals surface area contributed by atoms with Crippen LogP contribution in [0, 0.1) is 0 Å². The summed E-state index contributed by atoms with van der Waals surface area (Å²) < 4.78 is 5.42. The Balaban J connectivity index is 2.35. The van der Waals surface area contributed by atoms with Gasteiger partial charge < -0.3 is 4.74 Å². The maximum absolute atomic E-state index is 5.42. The van der Waals surface area contributed by atoms with Crippen LogP contribution in [0.15, 0.2) is 28.6 Å². The molecule has 0 amide bonds. The predicted octanol–water partition coefficient (Wildman–Crippen LogP) is 2.04. The molecule has 0 unspecified atom stereocenters. The van der Waals surface area contributed by atoms with E-state index < -0.39 is 0 Å².